The lowest BCUT2D eigenvalue weighted by Gasteiger charge is -2.16. The highest BCUT2D eigenvalue weighted by molar-refractivity contribution is 9.11. The predicted molar refractivity (Wildman–Crippen MR) is 163 cm³/mol. The zero-order valence-electron chi connectivity index (χ0n) is 20.9. The van der Waals surface area contributed by atoms with Gasteiger partial charge in [0.15, 0.2) is 0 Å². The zero-order chi connectivity index (χ0) is 25.2. The van der Waals surface area contributed by atoms with Crippen molar-refractivity contribution in [1.82, 2.24) is 0 Å². The minimum atomic E-state index is 0.658. The summed E-state index contributed by atoms with van der Waals surface area (Å²) in [6.07, 6.45) is 13.4. The van der Waals surface area contributed by atoms with Gasteiger partial charge in [-0.05, 0) is 111 Å². The first-order valence-electron chi connectivity index (χ1n) is 12.1. The van der Waals surface area contributed by atoms with Gasteiger partial charge in [-0.15, -0.1) is 22.7 Å². The molecule has 3 aromatic rings. The number of rotatable bonds is 13. The van der Waals surface area contributed by atoms with Crippen molar-refractivity contribution in [2.24, 2.45) is 11.8 Å². The molecule has 1 aromatic carbocycles. The monoisotopic (exact) mass is 636 g/mol. The Morgan fingerprint density at radius 1 is 0.771 bits per heavy atom. The molecule has 1 atom stereocenters. The van der Waals surface area contributed by atoms with Crippen molar-refractivity contribution in [2.75, 3.05) is 13.7 Å². The second-order valence-corrected chi connectivity index (χ2v) is 14.1. The third-order valence-corrected chi connectivity index (χ3v) is 8.93. The number of thiophene rings is 2. The normalized spacial score (nSPS) is 12.8. The smallest absolute Gasteiger partial charge is 0.127 e. The van der Waals surface area contributed by atoms with E-state index in [0.29, 0.717) is 12.5 Å². The Hall–Kier alpha value is -1.34. The van der Waals surface area contributed by atoms with Gasteiger partial charge in [-0.2, -0.15) is 0 Å². The molecule has 0 spiro atoms. The van der Waals surface area contributed by atoms with E-state index in [-0.39, 0.29) is 0 Å². The molecular formula is C29H34Br2O2S2. The first kappa shape index (κ1) is 28.2. The number of hydrogen-bond acceptors (Lipinski definition) is 4. The summed E-state index contributed by atoms with van der Waals surface area (Å²) in [5.41, 5.74) is 2.03. The van der Waals surface area contributed by atoms with Crippen molar-refractivity contribution < 1.29 is 9.47 Å². The molecule has 1 unspecified atom stereocenters. The van der Waals surface area contributed by atoms with Gasteiger partial charge in [-0.25, -0.2) is 0 Å². The predicted octanol–water partition coefficient (Wildman–Crippen LogP) is 10.9. The van der Waals surface area contributed by atoms with E-state index in [1.807, 2.05) is 0 Å². The lowest BCUT2D eigenvalue weighted by Crippen LogP contribution is -2.06. The Kier molecular flexibility index (Phi) is 11.6. The Morgan fingerprint density at radius 2 is 1.34 bits per heavy atom. The maximum Gasteiger partial charge on any atom is 0.127 e. The van der Waals surface area contributed by atoms with Crippen LogP contribution in [0.25, 0.3) is 24.3 Å². The van der Waals surface area contributed by atoms with Crippen molar-refractivity contribution >= 4 is 78.8 Å². The van der Waals surface area contributed by atoms with Crippen LogP contribution in [-0.2, 0) is 0 Å². The first-order valence-corrected chi connectivity index (χ1v) is 15.3. The summed E-state index contributed by atoms with van der Waals surface area (Å²) >= 11 is 10.5. The molecule has 3 rings (SSSR count). The summed E-state index contributed by atoms with van der Waals surface area (Å²) in [5, 5.41) is 0. The highest BCUT2D eigenvalue weighted by Crippen LogP contribution is 2.34. The van der Waals surface area contributed by atoms with Crippen molar-refractivity contribution in [1.29, 1.82) is 0 Å². The fraction of sp³-hybridized carbons (Fsp3) is 0.379. The van der Waals surface area contributed by atoms with Crippen LogP contribution in [0, 0.1) is 11.8 Å². The number of methoxy groups -OCH3 is 1. The van der Waals surface area contributed by atoms with E-state index >= 15 is 0 Å². The van der Waals surface area contributed by atoms with Crippen LogP contribution in [0.15, 0.2) is 44.0 Å². The maximum absolute atomic E-state index is 6.37. The number of ether oxygens (including phenoxy) is 2. The average Bonchev–Trinajstić information content (AvgIpc) is 3.43. The number of hydrogen-bond donors (Lipinski definition) is 0. The molecule has 2 heterocycles. The molecule has 2 nitrogen and oxygen atoms in total. The molecule has 0 radical (unpaired) electrons. The second-order valence-electron chi connectivity index (χ2n) is 9.15. The zero-order valence-corrected chi connectivity index (χ0v) is 25.7. The Balaban J connectivity index is 1.79. The topological polar surface area (TPSA) is 18.5 Å². The van der Waals surface area contributed by atoms with Crippen LogP contribution in [0.3, 0.4) is 0 Å². The molecule has 0 aliphatic rings. The molecule has 0 fully saturated rings. The van der Waals surface area contributed by atoms with E-state index in [2.05, 4.69) is 113 Å². The summed E-state index contributed by atoms with van der Waals surface area (Å²) in [4.78, 5) is 2.37. The average molecular weight is 639 g/mol. The maximum atomic E-state index is 6.37. The molecule has 0 N–H and O–H groups in total. The van der Waals surface area contributed by atoms with Gasteiger partial charge >= 0.3 is 0 Å². The molecule has 0 bridgehead atoms. The van der Waals surface area contributed by atoms with E-state index in [4.69, 9.17) is 9.47 Å². The quantitative estimate of drug-likeness (QED) is 0.186. The van der Waals surface area contributed by atoms with Gasteiger partial charge in [-0.3, -0.25) is 0 Å². The lowest BCUT2D eigenvalue weighted by atomic mass is 9.98. The van der Waals surface area contributed by atoms with E-state index in [1.54, 1.807) is 29.8 Å². The van der Waals surface area contributed by atoms with Crippen LogP contribution in [0.5, 0.6) is 11.5 Å². The minimum Gasteiger partial charge on any atom is -0.496 e. The molecular weight excluding hydrogens is 604 g/mol. The Bertz CT molecular complexity index is 1130. The fourth-order valence-electron chi connectivity index (χ4n) is 3.72. The van der Waals surface area contributed by atoms with Gasteiger partial charge < -0.3 is 9.47 Å². The fourth-order valence-corrected chi connectivity index (χ4v) is 6.37. The Labute approximate surface area is 235 Å². The molecule has 0 saturated carbocycles. The van der Waals surface area contributed by atoms with Crippen molar-refractivity contribution in [3.8, 4) is 11.5 Å². The minimum absolute atomic E-state index is 0.658. The van der Waals surface area contributed by atoms with Crippen LogP contribution in [0.1, 0.15) is 67.3 Å². The van der Waals surface area contributed by atoms with Gasteiger partial charge in [0.1, 0.15) is 11.5 Å². The number of halogens is 2. The molecule has 0 saturated heterocycles. The van der Waals surface area contributed by atoms with E-state index < -0.39 is 0 Å². The summed E-state index contributed by atoms with van der Waals surface area (Å²) in [7, 11) is 1.72. The van der Waals surface area contributed by atoms with Gasteiger partial charge in [-0.1, -0.05) is 40.0 Å². The molecule has 0 amide bonds. The van der Waals surface area contributed by atoms with E-state index in [1.165, 1.54) is 29.0 Å². The molecule has 2 aromatic heterocycles. The molecule has 0 aliphatic carbocycles. The molecule has 35 heavy (non-hydrogen) atoms. The molecule has 188 valence electrons. The SMILES string of the molecule is COc1cc(/C=C/c2ccc(Br)s2)c(OCCC(C)CCCC(C)C)cc1/C=C/c1ccc(Br)s1. The summed E-state index contributed by atoms with van der Waals surface area (Å²) < 4.78 is 14.4. The van der Waals surface area contributed by atoms with Crippen LogP contribution in [0.4, 0.5) is 0 Å². The van der Waals surface area contributed by atoms with E-state index in [0.717, 1.165) is 42.5 Å². The largest absolute Gasteiger partial charge is 0.496 e. The van der Waals surface area contributed by atoms with Gasteiger partial charge in [0.25, 0.3) is 0 Å². The third-order valence-electron chi connectivity index (χ3n) is 5.75. The second kappa shape index (κ2) is 14.4. The summed E-state index contributed by atoms with van der Waals surface area (Å²) in [6, 6.07) is 12.5. The van der Waals surface area contributed by atoms with Gasteiger partial charge in [0.2, 0.25) is 0 Å². The highest BCUT2D eigenvalue weighted by atomic mass is 79.9. The summed E-state index contributed by atoms with van der Waals surface area (Å²) in [6.45, 7) is 7.64. The van der Waals surface area contributed by atoms with Crippen molar-refractivity contribution in [2.45, 2.75) is 46.5 Å². The van der Waals surface area contributed by atoms with Crippen LogP contribution < -0.4 is 9.47 Å². The van der Waals surface area contributed by atoms with Gasteiger partial charge in [0.05, 0.1) is 21.3 Å². The number of benzene rings is 1. The summed E-state index contributed by atoms with van der Waals surface area (Å²) in [5.74, 6) is 3.15. The van der Waals surface area contributed by atoms with Crippen LogP contribution in [0.2, 0.25) is 0 Å². The van der Waals surface area contributed by atoms with Crippen LogP contribution in [-0.4, -0.2) is 13.7 Å². The third kappa shape index (κ3) is 9.56. The van der Waals surface area contributed by atoms with Crippen molar-refractivity contribution in [3.63, 3.8) is 0 Å². The first-order chi connectivity index (χ1) is 16.8. The standard InChI is InChI=1S/C29H34Br2O2S2/c1-20(2)6-5-7-21(3)16-17-33-27-19-22(8-10-24-12-14-28(30)34-24)26(32-4)18-23(27)9-11-25-13-15-29(31)35-25/h8-15,18-21H,5-7,16-17H2,1-4H3/b10-8+,11-9+. The highest BCUT2D eigenvalue weighted by Gasteiger charge is 2.11. The molecule has 6 heteroatoms. The van der Waals surface area contributed by atoms with Crippen LogP contribution >= 0.6 is 54.5 Å². The van der Waals surface area contributed by atoms with E-state index in [9.17, 15) is 0 Å². The van der Waals surface area contributed by atoms with Crippen molar-refractivity contribution in [3.05, 3.63) is 64.9 Å². The van der Waals surface area contributed by atoms with Gasteiger partial charge in [0, 0.05) is 20.9 Å². The lowest BCUT2D eigenvalue weighted by molar-refractivity contribution is 0.275. The Morgan fingerprint density at radius 3 is 1.86 bits per heavy atom. The molecule has 0 aliphatic heterocycles.